The quantitative estimate of drug-likeness (QED) is 0.210. The van der Waals surface area contributed by atoms with Crippen LogP contribution < -0.4 is 43.2 Å². The van der Waals surface area contributed by atoms with Crippen LogP contribution in [-0.4, -0.2) is 62.8 Å². The van der Waals surface area contributed by atoms with E-state index in [1.165, 1.54) is 41.6 Å². The van der Waals surface area contributed by atoms with Crippen molar-refractivity contribution in [3.8, 4) is 46.0 Å². The number of hydrogen-bond donors (Lipinski definition) is 1. The molecule has 0 aromatic heterocycles. The summed E-state index contributed by atoms with van der Waals surface area (Å²) >= 11 is 0. The van der Waals surface area contributed by atoms with Gasteiger partial charge in [0.2, 0.25) is 17.4 Å². The third-order valence-electron chi connectivity index (χ3n) is 6.03. The van der Waals surface area contributed by atoms with Crippen LogP contribution in [0, 0.1) is 0 Å². The minimum Gasteiger partial charge on any atom is -0.493 e. The molecule has 3 aromatic carbocycles. The first kappa shape index (κ1) is 30.6. The van der Waals surface area contributed by atoms with Crippen molar-refractivity contribution < 1.29 is 42.7 Å². The fourth-order valence-corrected chi connectivity index (χ4v) is 4.11. The largest absolute Gasteiger partial charge is 0.493 e. The van der Waals surface area contributed by atoms with E-state index in [0.717, 1.165) is 11.1 Å². The Bertz CT molecular complexity index is 1380. The second-order valence-electron chi connectivity index (χ2n) is 8.38. The summed E-state index contributed by atoms with van der Waals surface area (Å²) in [7, 11) is 12.3. The molecular weight excluding hydrogens is 530 g/mol. The number of benzene rings is 3. The van der Waals surface area contributed by atoms with Crippen molar-refractivity contribution in [2.24, 2.45) is 0 Å². The van der Waals surface area contributed by atoms with Gasteiger partial charge in [0.25, 0.3) is 0 Å². The van der Waals surface area contributed by atoms with Crippen LogP contribution in [0.1, 0.15) is 16.7 Å². The highest BCUT2D eigenvalue weighted by molar-refractivity contribution is 6.03. The zero-order valence-corrected chi connectivity index (χ0v) is 24.4. The van der Waals surface area contributed by atoms with Crippen molar-refractivity contribution in [2.45, 2.75) is 0 Å². The van der Waals surface area contributed by atoms with Crippen molar-refractivity contribution in [1.82, 2.24) is 0 Å². The zero-order chi connectivity index (χ0) is 29.9. The molecule has 0 saturated carbocycles. The van der Waals surface area contributed by atoms with Gasteiger partial charge in [-0.15, -0.1) is 0 Å². The predicted octanol–water partition coefficient (Wildman–Crippen LogP) is 5.58. The fourth-order valence-electron chi connectivity index (χ4n) is 4.11. The predicted molar refractivity (Wildman–Crippen MR) is 158 cm³/mol. The number of anilines is 1. The van der Waals surface area contributed by atoms with Crippen LogP contribution in [0.3, 0.4) is 0 Å². The third-order valence-corrected chi connectivity index (χ3v) is 6.03. The van der Waals surface area contributed by atoms with Gasteiger partial charge in [0.15, 0.2) is 34.5 Å². The fraction of sp³-hybridized carbons (Fsp3) is 0.258. The van der Waals surface area contributed by atoms with E-state index in [1.807, 2.05) is 24.3 Å². The molecule has 0 fully saturated rings. The molecule has 0 spiro atoms. The van der Waals surface area contributed by atoms with Crippen LogP contribution in [0.2, 0.25) is 0 Å². The van der Waals surface area contributed by atoms with Crippen LogP contribution in [0.4, 0.5) is 5.69 Å². The van der Waals surface area contributed by atoms with E-state index < -0.39 is 0 Å². The molecule has 3 rings (SSSR count). The molecule has 1 amide bonds. The summed E-state index contributed by atoms with van der Waals surface area (Å²) < 4.78 is 43.5. The van der Waals surface area contributed by atoms with Crippen LogP contribution in [0.25, 0.3) is 18.2 Å². The summed E-state index contributed by atoms with van der Waals surface area (Å²) in [5.74, 6) is 3.43. The molecule has 0 aliphatic carbocycles. The first-order valence-corrected chi connectivity index (χ1v) is 12.4. The van der Waals surface area contributed by atoms with Gasteiger partial charge < -0.3 is 43.2 Å². The van der Waals surface area contributed by atoms with E-state index in [-0.39, 0.29) is 5.91 Å². The van der Waals surface area contributed by atoms with Crippen molar-refractivity contribution >= 4 is 29.8 Å². The number of rotatable bonds is 13. The highest BCUT2D eigenvalue weighted by Crippen LogP contribution is 2.41. The average Bonchev–Trinajstić information content (AvgIpc) is 3.00. The molecule has 0 bridgehead atoms. The second kappa shape index (κ2) is 14.4. The van der Waals surface area contributed by atoms with Gasteiger partial charge in [-0.2, -0.15) is 0 Å². The highest BCUT2D eigenvalue weighted by atomic mass is 16.5. The first-order valence-electron chi connectivity index (χ1n) is 12.4. The van der Waals surface area contributed by atoms with Crippen molar-refractivity contribution in [3.05, 3.63) is 59.2 Å². The minimum atomic E-state index is -0.384. The molecule has 0 atom stereocenters. The second-order valence-corrected chi connectivity index (χ2v) is 8.38. The van der Waals surface area contributed by atoms with Gasteiger partial charge in [-0.25, -0.2) is 0 Å². The molecular formula is C31H35NO9. The maximum absolute atomic E-state index is 12.9. The summed E-state index contributed by atoms with van der Waals surface area (Å²) in [6.45, 7) is 0. The molecule has 218 valence electrons. The summed E-state index contributed by atoms with van der Waals surface area (Å²) in [5.41, 5.74) is 2.67. The van der Waals surface area contributed by atoms with Crippen LogP contribution in [0.15, 0.2) is 42.5 Å². The summed E-state index contributed by atoms with van der Waals surface area (Å²) in [5, 5.41) is 2.87. The monoisotopic (exact) mass is 565 g/mol. The molecule has 10 heteroatoms. The Morgan fingerprint density at radius 2 is 0.829 bits per heavy atom. The maximum Gasteiger partial charge on any atom is 0.248 e. The van der Waals surface area contributed by atoms with Gasteiger partial charge in [-0.3, -0.25) is 4.79 Å². The Labute approximate surface area is 240 Å². The van der Waals surface area contributed by atoms with Crippen molar-refractivity contribution in [3.63, 3.8) is 0 Å². The molecule has 41 heavy (non-hydrogen) atoms. The normalized spacial score (nSPS) is 10.8. The molecule has 3 aromatic rings. The number of carbonyl (C=O) groups excluding carboxylic acids is 1. The molecule has 0 aliphatic rings. The van der Waals surface area contributed by atoms with E-state index in [9.17, 15) is 4.79 Å². The Morgan fingerprint density at radius 1 is 0.488 bits per heavy atom. The van der Waals surface area contributed by atoms with Crippen LogP contribution in [-0.2, 0) is 4.79 Å². The molecule has 0 unspecified atom stereocenters. The topological polar surface area (TPSA) is 103 Å². The number of ether oxygens (including phenoxy) is 8. The Hall–Kier alpha value is -4.99. The number of amides is 1. The lowest BCUT2D eigenvalue weighted by atomic mass is 10.1. The molecule has 1 N–H and O–H groups in total. The van der Waals surface area contributed by atoms with E-state index >= 15 is 0 Å². The van der Waals surface area contributed by atoms with Gasteiger partial charge in [0, 0.05) is 6.08 Å². The molecule has 0 aliphatic heterocycles. The van der Waals surface area contributed by atoms with E-state index in [0.29, 0.717) is 57.2 Å². The number of methoxy groups -OCH3 is 8. The maximum atomic E-state index is 12.9. The average molecular weight is 566 g/mol. The van der Waals surface area contributed by atoms with Gasteiger partial charge >= 0.3 is 0 Å². The summed E-state index contributed by atoms with van der Waals surface area (Å²) in [6.07, 6.45) is 6.77. The smallest absolute Gasteiger partial charge is 0.248 e. The minimum absolute atomic E-state index is 0.381. The van der Waals surface area contributed by atoms with Crippen LogP contribution in [0.5, 0.6) is 46.0 Å². The standard InChI is InChI=1S/C31H35NO9/c1-34-23-14-19(9-10-20-15-24(35-2)30(40-7)25(16-20)36-3)13-22(29(23)39-6)32-28(33)12-11-21-17-26(37-4)31(41-8)27(18-21)38-5/h9-18H,1-8H3,(H,32,33)/b10-9?,12-11+. The number of nitrogens with one attached hydrogen (secondary N) is 1. The SMILES string of the molecule is COc1cc(C=Cc2cc(OC)c(OC)c(OC)c2)cc(NC(=O)/C=C/c2cc(OC)c(OC)c(OC)c2)c1OC. The third kappa shape index (κ3) is 7.16. The van der Waals surface area contributed by atoms with E-state index in [1.54, 1.807) is 51.7 Å². The van der Waals surface area contributed by atoms with Gasteiger partial charge in [0.05, 0.1) is 62.6 Å². The van der Waals surface area contributed by atoms with Gasteiger partial charge in [-0.1, -0.05) is 12.2 Å². The Kier molecular flexibility index (Phi) is 10.7. The first-order chi connectivity index (χ1) is 19.8. The lowest BCUT2D eigenvalue weighted by Crippen LogP contribution is -2.09. The Morgan fingerprint density at radius 3 is 1.20 bits per heavy atom. The number of carbonyl (C=O) groups is 1. The lowest BCUT2D eigenvalue weighted by molar-refractivity contribution is -0.111. The van der Waals surface area contributed by atoms with Gasteiger partial charge in [-0.05, 0) is 59.2 Å². The lowest BCUT2D eigenvalue weighted by Gasteiger charge is -2.15. The summed E-state index contributed by atoms with van der Waals surface area (Å²) in [4.78, 5) is 12.9. The molecule has 0 heterocycles. The molecule has 10 nitrogen and oxygen atoms in total. The molecule has 0 radical (unpaired) electrons. The number of hydrogen-bond acceptors (Lipinski definition) is 9. The van der Waals surface area contributed by atoms with Gasteiger partial charge in [0.1, 0.15) is 0 Å². The van der Waals surface area contributed by atoms with E-state index in [2.05, 4.69) is 5.32 Å². The Balaban J connectivity index is 1.92. The van der Waals surface area contributed by atoms with Crippen molar-refractivity contribution in [2.75, 3.05) is 62.2 Å². The van der Waals surface area contributed by atoms with Crippen molar-refractivity contribution in [1.29, 1.82) is 0 Å². The van der Waals surface area contributed by atoms with Crippen LogP contribution >= 0.6 is 0 Å². The highest BCUT2D eigenvalue weighted by Gasteiger charge is 2.16. The molecule has 0 saturated heterocycles. The summed E-state index contributed by atoms with van der Waals surface area (Å²) in [6, 6.07) is 10.7. The zero-order valence-electron chi connectivity index (χ0n) is 24.4. The van der Waals surface area contributed by atoms with E-state index in [4.69, 9.17) is 37.9 Å².